The van der Waals surface area contributed by atoms with Crippen LogP contribution in [0.2, 0.25) is 0 Å². The van der Waals surface area contributed by atoms with E-state index in [2.05, 4.69) is 33.9 Å². The van der Waals surface area contributed by atoms with Gasteiger partial charge in [0.15, 0.2) is 5.82 Å². The Morgan fingerprint density at radius 1 is 1.48 bits per heavy atom. The van der Waals surface area contributed by atoms with Crippen LogP contribution in [0.3, 0.4) is 0 Å². The maximum absolute atomic E-state index is 5.83. The first-order chi connectivity index (χ1) is 10.1. The van der Waals surface area contributed by atoms with Gasteiger partial charge in [0, 0.05) is 31.2 Å². The number of thiazole rings is 1. The van der Waals surface area contributed by atoms with Crippen molar-refractivity contribution in [2.75, 3.05) is 19.7 Å². The van der Waals surface area contributed by atoms with Gasteiger partial charge in [-0.15, -0.1) is 21.5 Å². The predicted octanol–water partition coefficient (Wildman–Crippen LogP) is 1.97. The molecule has 0 bridgehead atoms. The molecule has 21 heavy (non-hydrogen) atoms. The Kier molecular flexibility index (Phi) is 4.32. The quantitative estimate of drug-likeness (QED) is 0.864. The molecule has 0 spiro atoms. The summed E-state index contributed by atoms with van der Waals surface area (Å²) in [6.45, 7) is 7.79. The van der Waals surface area contributed by atoms with E-state index in [-0.39, 0.29) is 6.10 Å². The summed E-state index contributed by atoms with van der Waals surface area (Å²) < 4.78 is 7.76. The number of ether oxygens (including phenoxy) is 1. The average molecular weight is 307 g/mol. The molecule has 0 amide bonds. The lowest BCUT2D eigenvalue weighted by atomic mass is 10.2. The zero-order valence-electron chi connectivity index (χ0n) is 12.7. The van der Waals surface area contributed by atoms with Crippen LogP contribution < -0.4 is 0 Å². The fraction of sp³-hybridized carbons (Fsp3) is 0.643. The Morgan fingerprint density at radius 3 is 3.00 bits per heavy atom. The maximum atomic E-state index is 5.83. The van der Waals surface area contributed by atoms with Gasteiger partial charge in [-0.05, 0) is 5.92 Å². The van der Waals surface area contributed by atoms with Crippen LogP contribution in [-0.2, 0) is 18.3 Å². The highest BCUT2D eigenvalue weighted by atomic mass is 32.1. The number of aromatic nitrogens is 4. The van der Waals surface area contributed by atoms with Crippen molar-refractivity contribution >= 4 is 11.3 Å². The molecule has 0 saturated carbocycles. The summed E-state index contributed by atoms with van der Waals surface area (Å²) in [6.07, 6.45) is 3.72. The van der Waals surface area contributed by atoms with E-state index in [0.717, 1.165) is 32.1 Å². The fourth-order valence-corrected chi connectivity index (χ4v) is 3.41. The molecule has 2 aromatic rings. The molecule has 0 N–H and O–H groups in total. The van der Waals surface area contributed by atoms with Gasteiger partial charge in [0.2, 0.25) is 0 Å². The van der Waals surface area contributed by atoms with Crippen LogP contribution in [-0.4, -0.2) is 44.3 Å². The topological polar surface area (TPSA) is 56.1 Å². The molecule has 0 aromatic carbocycles. The number of aryl methyl sites for hydroxylation is 1. The molecule has 114 valence electrons. The summed E-state index contributed by atoms with van der Waals surface area (Å²) in [5, 5.41) is 9.27. The maximum Gasteiger partial charge on any atom is 0.163 e. The predicted molar refractivity (Wildman–Crippen MR) is 81.2 cm³/mol. The summed E-state index contributed by atoms with van der Waals surface area (Å²) in [5.74, 6) is 1.44. The van der Waals surface area contributed by atoms with E-state index in [1.54, 1.807) is 6.33 Å². The van der Waals surface area contributed by atoms with Gasteiger partial charge in [-0.2, -0.15) is 0 Å². The van der Waals surface area contributed by atoms with Crippen LogP contribution in [0.15, 0.2) is 12.5 Å². The molecule has 0 radical (unpaired) electrons. The Hall–Kier alpha value is -1.31. The number of nitrogens with zero attached hydrogens (tertiary/aromatic N) is 5. The normalized spacial score (nSPS) is 20.3. The van der Waals surface area contributed by atoms with E-state index >= 15 is 0 Å². The fourth-order valence-electron chi connectivity index (χ4n) is 2.44. The monoisotopic (exact) mass is 307 g/mol. The molecule has 7 heteroatoms. The van der Waals surface area contributed by atoms with Crippen molar-refractivity contribution in [3.05, 3.63) is 28.2 Å². The lowest BCUT2D eigenvalue weighted by molar-refractivity contribution is -0.0385. The minimum absolute atomic E-state index is 0.00391. The molecule has 3 rings (SSSR count). The van der Waals surface area contributed by atoms with Gasteiger partial charge in [-0.25, -0.2) is 4.98 Å². The van der Waals surface area contributed by atoms with Crippen LogP contribution in [0.5, 0.6) is 0 Å². The van der Waals surface area contributed by atoms with Crippen LogP contribution in [0.4, 0.5) is 0 Å². The summed E-state index contributed by atoms with van der Waals surface area (Å²) in [7, 11) is 1.95. The Morgan fingerprint density at radius 2 is 2.33 bits per heavy atom. The molecule has 1 fully saturated rings. The lowest BCUT2D eigenvalue weighted by Gasteiger charge is -2.31. The van der Waals surface area contributed by atoms with Gasteiger partial charge in [0.05, 0.1) is 13.2 Å². The first-order valence-electron chi connectivity index (χ1n) is 7.26. The first-order valence-corrected chi connectivity index (χ1v) is 8.07. The Labute approximate surface area is 128 Å². The smallest absolute Gasteiger partial charge is 0.163 e. The molecule has 0 aliphatic carbocycles. The molecule has 3 heterocycles. The second kappa shape index (κ2) is 6.21. The van der Waals surface area contributed by atoms with Gasteiger partial charge < -0.3 is 9.30 Å². The Balaban J connectivity index is 1.64. The van der Waals surface area contributed by atoms with Gasteiger partial charge in [-0.1, -0.05) is 13.8 Å². The van der Waals surface area contributed by atoms with Crippen LogP contribution in [0.25, 0.3) is 0 Å². The second-order valence-electron chi connectivity index (χ2n) is 5.71. The van der Waals surface area contributed by atoms with Crippen molar-refractivity contribution in [3.63, 3.8) is 0 Å². The van der Waals surface area contributed by atoms with Crippen molar-refractivity contribution in [3.8, 4) is 0 Å². The summed E-state index contributed by atoms with van der Waals surface area (Å²) in [6, 6.07) is 0. The van der Waals surface area contributed by atoms with Crippen molar-refractivity contribution in [2.24, 2.45) is 7.05 Å². The van der Waals surface area contributed by atoms with E-state index < -0.39 is 0 Å². The molecular formula is C14H21N5OS. The van der Waals surface area contributed by atoms with Crippen molar-refractivity contribution in [1.82, 2.24) is 24.6 Å². The second-order valence-corrected chi connectivity index (χ2v) is 6.85. The van der Waals surface area contributed by atoms with Crippen LogP contribution >= 0.6 is 11.3 Å². The minimum atomic E-state index is -0.00391. The van der Waals surface area contributed by atoms with E-state index in [1.165, 1.54) is 9.88 Å². The van der Waals surface area contributed by atoms with E-state index in [9.17, 15) is 0 Å². The molecule has 1 unspecified atom stereocenters. The van der Waals surface area contributed by atoms with Crippen LogP contribution in [0, 0.1) is 0 Å². The number of rotatable bonds is 4. The van der Waals surface area contributed by atoms with E-state index in [4.69, 9.17) is 4.74 Å². The molecule has 1 aliphatic rings. The van der Waals surface area contributed by atoms with Crippen LogP contribution in [0.1, 0.15) is 41.6 Å². The standard InChI is InChI=1S/C14H21N5OS/c1-10(2)12-6-15-13(21-12)8-19-4-5-20-11(7-19)14-17-16-9-18(14)3/h6,9-11H,4-5,7-8H2,1-3H3. The van der Waals surface area contributed by atoms with E-state index in [0.29, 0.717) is 5.92 Å². The third-order valence-electron chi connectivity index (χ3n) is 3.68. The highest BCUT2D eigenvalue weighted by molar-refractivity contribution is 7.11. The number of hydrogen-bond donors (Lipinski definition) is 0. The third-order valence-corrected chi connectivity index (χ3v) is 4.97. The Bertz CT molecular complexity index is 594. The van der Waals surface area contributed by atoms with Gasteiger partial charge in [0.1, 0.15) is 17.4 Å². The van der Waals surface area contributed by atoms with Gasteiger partial charge >= 0.3 is 0 Å². The van der Waals surface area contributed by atoms with E-state index in [1.807, 2.05) is 29.1 Å². The van der Waals surface area contributed by atoms with Crippen molar-refractivity contribution in [1.29, 1.82) is 0 Å². The van der Waals surface area contributed by atoms with Crippen molar-refractivity contribution < 1.29 is 4.74 Å². The first kappa shape index (κ1) is 14.6. The highest BCUT2D eigenvalue weighted by Gasteiger charge is 2.26. The lowest BCUT2D eigenvalue weighted by Crippen LogP contribution is -2.38. The largest absolute Gasteiger partial charge is 0.368 e. The van der Waals surface area contributed by atoms with Gasteiger partial charge in [-0.3, -0.25) is 4.90 Å². The molecule has 6 nitrogen and oxygen atoms in total. The van der Waals surface area contributed by atoms with Crippen molar-refractivity contribution in [2.45, 2.75) is 32.4 Å². The summed E-state index contributed by atoms with van der Waals surface area (Å²) >= 11 is 1.81. The third kappa shape index (κ3) is 3.30. The summed E-state index contributed by atoms with van der Waals surface area (Å²) in [4.78, 5) is 8.27. The van der Waals surface area contributed by atoms with Gasteiger partial charge in [0.25, 0.3) is 0 Å². The molecule has 1 aliphatic heterocycles. The average Bonchev–Trinajstić information content (AvgIpc) is 3.08. The molecule has 1 atom stereocenters. The zero-order chi connectivity index (χ0) is 14.8. The molecule has 1 saturated heterocycles. The summed E-state index contributed by atoms with van der Waals surface area (Å²) in [5.41, 5.74) is 0. The molecule has 2 aromatic heterocycles. The number of hydrogen-bond acceptors (Lipinski definition) is 6. The zero-order valence-corrected chi connectivity index (χ0v) is 13.5. The molecular weight excluding hydrogens is 286 g/mol. The highest BCUT2D eigenvalue weighted by Crippen LogP contribution is 2.25. The minimum Gasteiger partial charge on any atom is -0.368 e. The SMILES string of the molecule is CC(C)c1cnc(CN2CCOC(c3nncn3C)C2)s1. The number of morpholine rings is 1.